The van der Waals surface area contributed by atoms with Crippen LogP contribution in [0.3, 0.4) is 0 Å². The SMILES string of the molecule is CC(C)C(=O)Nn1c(=O)cc[nH]c1=O. The molecule has 0 atom stereocenters. The quantitative estimate of drug-likeness (QED) is 0.655. The maximum absolute atomic E-state index is 11.2. The lowest BCUT2D eigenvalue weighted by Gasteiger charge is -2.07. The van der Waals surface area contributed by atoms with E-state index in [4.69, 9.17) is 0 Å². The molecule has 0 aliphatic carbocycles. The molecular formula is C8H11N3O3. The van der Waals surface area contributed by atoms with Gasteiger partial charge < -0.3 is 4.98 Å². The second kappa shape index (κ2) is 3.91. The van der Waals surface area contributed by atoms with E-state index < -0.39 is 11.2 Å². The lowest BCUT2D eigenvalue weighted by molar-refractivity contribution is -0.119. The van der Waals surface area contributed by atoms with Gasteiger partial charge in [-0.05, 0) is 0 Å². The van der Waals surface area contributed by atoms with Crippen molar-refractivity contribution in [2.75, 3.05) is 5.43 Å². The van der Waals surface area contributed by atoms with Crippen LogP contribution >= 0.6 is 0 Å². The number of aromatic amines is 1. The summed E-state index contributed by atoms with van der Waals surface area (Å²) in [5, 5.41) is 0. The van der Waals surface area contributed by atoms with E-state index in [-0.39, 0.29) is 11.8 Å². The lowest BCUT2D eigenvalue weighted by atomic mass is 10.2. The second-order valence-corrected chi connectivity index (χ2v) is 3.09. The molecule has 76 valence electrons. The summed E-state index contributed by atoms with van der Waals surface area (Å²) in [6.07, 6.45) is 1.22. The van der Waals surface area contributed by atoms with Crippen molar-refractivity contribution in [3.8, 4) is 0 Å². The Morgan fingerprint density at radius 2 is 2.14 bits per heavy atom. The van der Waals surface area contributed by atoms with Gasteiger partial charge in [0, 0.05) is 18.2 Å². The minimum Gasteiger partial charge on any atom is -0.312 e. The Balaban J connectivity index is 3.04. The van der Waals surface area contributed by atoms with Crippen LogP contribution in [0.5, 0.6) is 0 Å². The zero-order valence-corrected chi connectivity index (χ0v) is 7.90. The Kier molecular flexibility index (Phi) is 2.85. The van der Waals surface area contributed by atoms with Crippen molar-refractivity contribution in [3.05, 3.63) is 33.1 Å². The van der Waals surface area contributed by atoms with Crippen LogP contribution in [0.2, 0.25) is 0 Å². The molecule has 6 nitrogen and oxygen atoms in total. The molecule has 0 radical (unpaired) electrons. The first kappa shape index (κ1) is 10.2. The third-order valence-corrected chi connectivity index (χ3v) is 1.60. The van der Waals surface area contributed by atoms with Gasteiger partial charge in [0.05, 0.1) is 0 Å². The maximum Gasteiger partial charge on any atom is 0.347 e. The topological polar surface area (TPSA) is 84.0 Å². The van der Waals surface area contributed by atoms with Crippen LogP contribution in [0.25, 0.3) is 0 Å². The van der Waals surface area contributed by atoms with Gasteiger partial charge in [-0.25, -0.2) is 4.79 Å². The van der Waals surface area contributed by atoms with Crippen molar-refractivity contribution < 1.29 is 4.79 Å². The normalized spacial score (nSPS) is 10.2. The fraction of sp³-hybridized carbons (Fsp3) is 0.375. The molecule has 6 heteroatoms. The van der Waals surface area contributed by atoms with Gasteiger partial charge in [0.15, 0.2) is 0 Å². The molecule has 1 aromatic heterocycles. The van der Waals surface area contributed by atoms with Crippen molar-refractivity contribution in [2.45, 2.75) is 13.8 Å². The summed E-state index contributed by atoms with van der Waals surface area (Å²) in [6, 6.07) is 1.15. The number of carbonyl (C=O) groups excluding carboxylic acids is 1. The average molecular weight is 197 g/mol. The van der Waals surface area contributed by atoms with E-state index >= 15 is 0 Å². The van der Waals surface area contributed by atoms with Gasteiger partial charge in [-0.2, -0.15) is 4.68 Å². The van der Waals surface area contributed by atoms with E-state index in [1.54, 1.807) is 13.8 Å². The van der Waals surface area contributed by atoms with Crippen molar-refractivity contribution in [1.29, 1.82) is 0 Å². The molecular weight excluding hydrogens is 186 g/mol. The first-order chi connectivity index (χ1) is 6.52. The van der Waals surface area contributed by atoms with E-state index in [2.05, 4.69) is 10.4 Å². The summed E-state index contributed by atoms with van der Waals surface area (Å²) < 4.78 is 0.641. The van der Waals surface area contributed by atoms with E-state index in [1.807, 2.05) is 0 Å². The summed E-state index contributed by atoms with van der Waals surface area (Å²) in [7, 11) is 0. The molecule has 2 N–H and O–H groups in total. The molecule has 0 bridgehead atoms. The molecule has 0 spiro atoms. The predicted octanol–water partition coefficient (Wildman–Crippen LogP) is -0.737. The molecule has 1 aromatic rings. The standard InChI is InChI=1S/C8H11N3O3/c1-5(2)7(13)10-11-6(12)3-4-9-8(11)14/h3-5H,1-2H3,(H,9,14)(H,10,13). The van der Waals surface area contributed by atoms with Crippen LogP contribution < -0.4 is 16.7 Å². The highest BCUT2D eigenvalue weighted by molar-refractivity contribution is 5.85. The monoisotopic (exact) mass is 197 g/mol. The number of nitrogens with zero attached hydrogens (tertiary/aromatic N) is 1. The van der Waals surface area contributed by atoms with Crippen molar-refractivity contribution in [2.24, 2.45) is 5.92 Å². The Bertz CT molecular complexity index is 415. The number of carbonyl (C=O) groups is 1. The smallest absolute Gasteiger partial charge is 0.312 e. The molecule has 0 aliphatic rings. The predicted molar refractivity (Wildman–Crippen MR) is 50.5 cm³/mol. The van der Waals surface area contributed by atoms with Gasteiger partial charge in [0.2, 0.25) is 5.91 Å². The lowest BCUT2D eigenvalue weighted by Crippen LogP contribution is -2.44. The van der Waals surface area contributed by atoms with Gasteiger partial charge in [-0.3, -0.25) is 15.0 Å². The van der Waals surface area contributed by atoms with Crippen molar-refractivity contribution in [3.63, 3.8) is 0 Å². The molecule has 1 rings (SSSR count). The Labute approximate surface area is 79.5 Å². The third-order valence-electron chi connectivity index (χ3n) is 1.60. The molecule has 0 saturated carbocycles. The number of H-pyrrole nitrogens is 1. The number of hydrogen-bond donors (Lipinski definition) is 2. The molecule has 0 unspecified atom stereocenters. The van der Waals surface area contributed by atoms with E-state index in [0.717, 1.165) is 6.07 Å². The second-order valence-electron chi connectivity index (χ2n) is 3.09. The Morgan fingerprint density at radius 1 is 1.50 bits per heavy atom. The maximum atomic E-state index is 11.2. The summed E-state index contributed by atoms with van der Waals surface area (Å²) in [5.74, 6) is -0.676. The van der Waals surface area contributed by atoms with Crippen LogP contribution in [-0.2, 0) is 4.79 Å². The van der Waals surface area contributed by atoms with Crippen LogP contribution in [0.1, 0.15) is 13.8 Å². The van der Waals surface area contributed by atoms with Gasteiger partial charge in [0.1, 0.15) is 0 Å². The number of amides is 1. The fourth-order valence-corrected chi connectivity index (χ4v) is 0.769. The minimum atomic E-state index is -0.661. The average Bonchev–Trinajstić information content (AvgIpc) is 2.11. The number of hydrogen-bond acceptors (Lipinski definition) is 3. The largest absolute Gasteiger partial charge is 0.347 e. The van der Waals surface area contributed by atoms with Gasteiger partial charge in [-0.15, -0.1) is 0 Å². The number of aromatic nitrogens is 2. The third kappa shape index (κ3) is 2.09. The molecule has 1 heterocycles. The highest BCUT2D eigenvalue weighted by Gasteiger charge is 2.09. The van der Waals surface area contributed by atoms with Crippen LogP contribution in [0.4, 0.5) is 0 Å². The van der Waals surface area contributed by atoms with E-state index in [1.165, 1.54) is 6.20 Å². The first-order valence-corrected chi connectivity index (χ1v) is 4.14. The summed E-state index contributed by atoms with van der Waals surface area (Å²) in [5.41, 5.74) is 0.972. The van der Waals surface area contributed by atoms with Gasteiger partial charge in [0.25, 0.3) is 5.56 Å². The molecule has 1 amide bonds. The summed E-state index contributed by atoms with van der Waals surface area (Å²) in [6.45, 7) is 3.33. The number of nitrogens with one attached hydrogen (secondary N) is 2. The van der Waals surface area contributed by atoms with E-state index in [0.29, 0.717) is 4.68 Å². The molecule has 14 heavy (non-hydrogen) atoms. The van der Waals surface area contributed by atoms with Crippen molar-refractivity contribution >= 4 is 5.91 Å². The first-order valence-electron chi connectivity index (χ1n) is 4.14. The molecule has 0 aromatic carbocycles. The summed E-state index contributed by atoms with van der Waals surface area (Å²) >= 11 is 0. The van der Waals surface area contributed by atoms with E-state index in [9.17, 15) is 14.4 Å². The fourth-order valence-electron chi connectivity index (χ4n) is 0.769. The molecule has 0 saturated heterocycles. The number of rotatable bonds is 2. The highest BCUT2D eigenvalue weighted by Crippen LogP contribution is 1.89. The van der Waals surface area contributed by atoms with Crippen LogP contribution in [-0.4, -0.2) is 15.6 Å². The molecule has 0 aliphatic heterocycles. The van der Waals surface area contributed by atoms with Crippen LogP contribution in [0.15, 0.2) is 21.9 Å². The zero-order valence-electron chi connectivity index (χ0n) is 7.90. The Morgan fingerprint density at radius 3 is 2.64 bits per heavy atom. The minimum absolute atomic E-state index is 0.290. The van der Waals surface area contributed by atoms with Crippen molar-refractivity contribution in [1.82, 2.24) is 9.66 Å². The summed E-state index contributed by atoms with van der Waals surface area (Å²) in [4.78, 5) is 35.7. The molecule has 0 fully saturated rings. The van der Waals surface area contributed by atoms with Gasteiger partial charge >= 0.3 is 5.69 Å². The Hall–Kier alpha value is -1.85. The van der Waals surface area contributed by atoms with Gasteiger partial charge in [-0.1, -0.05) is 13.8 Å². The highest BCUT2D eigenvalue weighted by atomic mass is 16.2. The van der Waals surface area contributed by atoms with Crippen LogP contribution in [0, 0.1) is 5.92 Å². The zero-order chi connectivity index (χ0) is 10.7.